The number of hydrogen-bond acceptors (Lipinski definition) is 6. The number of benzene rings is 2. The fraction of sp³-hybridized carbons (Fsp3) is 0.125. The molecule has 0 bridgehead atoms. The van der Waals surface area contributed by atoms with E-state index in [4.69, 9.17) is 4.74 Å². The molecule has 0 aliphatic carbocycles. The van der Waals surface area contributed by atoms with E-state index < -0.39 is 23.3 Å². The van der Waals surface area contributed by atoms with Gasteiger partial charge in [0.15, 0.2) is 6.61 Å². The van der Waals surface area contributed by atoms with Crippen LogP contribution in [0.5, 0.6) is 0 Å². The van der Waals surface area contributed by atoms with Gasteiger partial charge in [-0.05, 0) is 19.1 Å². The van der Waals surface area contributed by atoms with Crippen LogP contribution < -0.4 is 0 Å². The van der Waals surface area contributed by atoms with E-state index in [2.05, 4.69) is 12.6 Å². The maximum absolute atomic E-state index is 12.0. The number of aryl methyl sites for hydroxylation is 1. The number of rotatable bonds is 5. The minimum Gasteiger partial charge on any atom is -0.454 e. The van der Waals surface area contributed by atoms with Crippen molar-refractivity contribution in [3.63, 3.8) is 0 Å². The third-order valence-electron chi connectivity index (χ3n) is 3.19. The van der Waals surface area contributed by atoms with Gasteiger partial charge < -0.3 is 4.74 Å². The number of esters is 1. The quantitative estimate of drug-likeness (QED) is 0.299. The Balaban J connectivity index is 2.08. The minimum absolute atomic E-state index is 0.120. The Morgan fingerprint density at radius 3 is 2.57 bits per heavy atom. The van der Waals surface area contributed by atoms with Gasteiger partial charge >= 0.3 is 5.97 Å². The maximum atomic E-state index is 12.0. The molecule has 2 aromatic rings. The third-order valence-corrected chi connectivity index (χ3v) is 3.58. The Bertz CT molecular complexity index is 788. The predicted octanol–water partition coefficient (Wildman–Crippen LogP) is 3.23. The molecule has 0 saturated carbocycles. The van der Waals surface area contributed by atoms with Crippen molar-refractivity contribution in [2.24, 2.45) is 0 Å². The van der Waals surface area contributed by atoms with Crippen molar-refractivity contribution in [2.45, 2.75) is 11.8 Å². The van der Waals surface area contributed by atoms with E-state index in [1.807, 2.05) is 0 Å². The first-order valence-electron chi connectivity index (χ1n) is 6.63. The van der Waals surface area contributed by atoms with Crippen molar-refractivity contribution in [1.82, 2.24) is 0 Å². The molecule has 2 aromatic carbocycles. The summed E-state index contributed by atoms with van der Waals surface area (Å²) < 4.78 is 4.95. The van der Waals surface area contributed by atoms with E-state index >= 15 is 0 Å². The molecule has 0 aromatic heterocycles. The molecule has 0 N–H and O–H groups in total. The number of nitro groups is 1. The summed E-state index contributed by atoms with van der Waals surface area (Å²) in [5.41, 5.74) is 0.670. The first-order chi connectivity index (χ1) is 10.9. The largest absolute Gasteiger partial charge is 0.454 e. The number of thiol groups is 1. The fourth-order valence-corrected chi connectivity index (χ4v) is 2.17. The van der Waals surface area contributed by atoms with Gasteiger partial charge in [0.1, 0.15) is 0 Å². The van der Waals surface area contributed by atoms with Crippen LogP contribution in [0.4, 0.5) is 5.69 Å². The molecule has 0 spiro atoms. The average Bonchev–Trinajstić information content (AvgIpc) is 2.52. The summed E-state index contributed by atoms with van der Waals surface area (Å²) >= 11 is 4.14. The SMILES string of the molecule is Cc1ccc(C(=O)COC(=O)c2ccccc2S)cc1[N+](=O)[O-]. The number of carbonyl (C=O) groups is 2. The highest BCUT2D eigenvalue weighted by Gasteiger charge is 2.17. The lowest BCUT2D eigenvalue weighted by Crippen LogP contribution is -2.15. The van der Waals surface area contributed by atoms with E-state index in [9.17, 15) is 19.7 Å². The first-order valence-corrected chi connectivity index (χ1v) is 7.08. The van der Waals surface area contributed by atoms with Crippen LogP contribution in [0.15, 0.2) is 47.4 Å². The Morgan fingerprint density at radius 1 is 1.22 bits per heavy atom. The van der Waals surface area contributed by atoms with Crippen molar-refractivity contribution in [3.8, 4) is 0 Å². The highest BCUT2D eigenvalue weighted by Crippen LogP contribution is 2.20. The zero-order valence-electron chi connectivity index (χ0n) is 12.2. The maximum Gasteiger partial charge on any atom is 0.339 e. The van der Waals surface area contributed by atoms with E-state index in [-0.39, 0.29) is 16.8 Å². The number of hydrogen-bond donors (Lipinski definition) is 1. The van der Waals surface area contributed by atoms with Crippen LogP contribution in [0, 0.1) is 17.0 Å². The summed E-state index contributed by atoms with van der Waals surface area (Å²) in [6.45, 7) is 1.08. The molecule has 0 fully saturated rings. The second-order valence-corrected chi connectivity index (χ2v) is 5.26. The lowest BCUT2D eigenvalue weighted by Gasteiger charge is -2.06. The molecule has 0 saturated heterocycles. The van der Waals surface area contributed by atoms with Gasteiger partial charge in [0.2, 0.25) is 5.78 Å². The minimum atomic E-state index is -0.675. The van der Waals surface area contributed by atoms with Crippen LogP contribution in [-0.2, 0) is 4.74 Å². The zero-order valence-corrected chi connectivity index (χ0v) is 13.1. The van der Waals surface area contributed by atoms with Gasteiger partial charge in [-0.25, -0.2) is 4.79 Å². The molecule has 2 rings (SSSR count). The van der Waals surface area contributed by atoms with Gasteiger partial charge in [0.25, 0.3) is 5.69 Å². The lowest BCUT2D eigenvalue weighted by molar-refractivity contribution is -0.385. The topological polar surface area (TPSA) is 86.5 Å². The highest BCUT2D eigenvalue weighted by atomic mass is 32.1. The highest BCUT2D eigenvalue weighted by molar-refractivity contribution is 7.80. The number of nitro benzene ring substituents is 1. The van der Waals surface area contributed by atoms with Gasteiger partial charge in [0, 0.05) is 22.1 Å². The molecule has 0 heterocycles. The average molecular weight is 331 g/mol. The molecule has 0 amide bonds. The van der Waals surface area contributed by atoms with Crippen LogP contribution in [0.2, 0.25) is 0 Å². The summed E-state index contributed by atoms with van der Waals surface area (Å²) in [4.78, 5) is 34.7. The molecule has 0 atom stereocenters. The number of Topliss-reactive ketones (excluding diaryl/α,β-unsaturated/α-hetero) is 1. The summed E-state index contributed by atoms with van der Waals surface area (Å²) in [6, 6.07) is 10.7. The molecule has 0 aliphatic heterocycles. The van der Waals surface area contributed by atoms with Crippen molar-refractivity contribution in [1.29, 1.82) is 0 Å². The standard InChI is InChI=1S/C16H13NO5S/c1-10-6-7-11(8-13(10)17(20)21)14(18)9-22-16(19)12-4-2-3-5-15(12)23/h2-8,23H,9H2,1H3. The van der Waals surface area contributed by atoms with Gasteiger partial charge in [-0.3, -0.25) is 14.9 Å². The Labute approximate surface area is 137 Å². The van der Waals surface area contributed by atoms with E-state index in [1.54, 1.807) is 25.1 Å². The third kappa shape index (κ3) is 3.95. The monoisotopic (exact) mass is 331 g/mol. The van der Waals surface area contributed by atoms with Gasteiger partial charge in [-0.1, -0.05) is 24.3 Å². The van der Waals surface area contributed by atoms with Gasteiger partial charge in [-0.15, -0.1) is 12.6 Å². The van der Waals surface area contributed by atoms with E-state index in [0.717, 1.165) is 0 Å². The summed E-state index contributed by atoms with van der Waals surface area (Å²) in [6.07, 6.45) is 0. The first kappa shape index (κ1) is 16.7. The zero-order chi connectivity index (χ0) is 17.0. The number of nitrogens with zero attached hydrogens (tertiary/aromatic N) is 1. The molecule has 0 unspecified atom stereocenters. The van der Waals surface area contributed by atoms with Crippen molar-refractivity contribution >= 4 is 30.1 Å². The number of ether oxygens (including phenoxy) is 1. The van der Waals surface area contributed by atoms with E-state index in [1.165, 1.54) is 24.3 Å². The Kier molecular flexibility index (Phi) is 5.13. The van der Waals surface area contributed by atoms with Crippen molar-refractivity contribution in [3.05, 3.63) is 69.3 Å². The predicted molar refractivity (Wildman–Crippen MR) is 86.1 cm³/mol. The van der Waals surface area contributed by atoms with Crippen LogP contribution in [-0.4, -0.2) is 23.3 Å². The van der Waals surface area contributed by atoms with Crippen LogP contribution in [0.1, 0.15) is 26.3 Å². The van der Waals surface area contributed by atoms with Crippen LogP contribution in [0.3, 0.4) is 0 Å². The Morgan fingerprint density at radius 2 is 1.91 bits per heavy atom. The lowest BCUT2D eigenvalue weighted by atomic mass is 10.1. The number of ketones is 1. The van der Waals surface area contributed by atoms with Crippen molar-refractivity contribution in [2.75, 3.05) is 6.61 Å². The molecular weight excluding hydrogens is 318 g/mol. The Hall–Kier alpha value is -2.67. The van der Waals surface area contributed by atoms with E-state index in [0.29, 0.717) is 10.5 Å². The molecule has 118 valence electrons. The molecular formula is C16H13NO5S. The van der Waals surface area contributed by atoms with Gasteiger partial charge in [0.05, 0.1) is 10.5 Å². The summed E-state index contributed by atoms with van der Waals surface area (Å²) in [5, 5.41) is 10.9. The van der Waals surface area contributed by atoms with Crippen molar-refractivity contribution < 1.29 is 19.2 Å². The molecule has 0 aliphatic rings. The van der Waals surface area contributed by atoms with Crippen LogP contribution in [0.25, 0.3) is 0 Å². The number of carbonyl (C=O) groups excluding carboxylic acids is 2. The van der Waals surface area contributed by atoms with Crippen LogP contribution >= 0.6 is 12.6 Å². The fourth-order valence-electron chi connectivity index (χ4n) is 1.92. The molecule has 7 heteroatoms. The summed E-state index contributed by atoms with van der Waals surface area (Å²) in [7, 11) is 0. The molecule has 6 nitrogen and oxygen atoms in total. The second-order valence-electron chi connectivity index (χ2n) is 4.77. The summed E-state index contributed by atoms with van der Waals surface area (Å²) in [5.74, 6) is -1.19. The second kappa shape index (κ2) is 7.06. The normalized spacial score (nSPS) is 10.2. The smallest absolute Gasteiger partial charge is 0.339 e. The molecule has 0 radical (unpaired) electrons. The molecule has 23 heavy (non-hydrogen) atoms. The van der Waals surface area contributed by atoms with Gasteiger partial charge in [-0.2, -0.15) is 0 Å².